The van der Waals surface area contributed by atoms with Crippen molar-refractivity contribution in [3.63, 3.8) is 0 Å². The molecule has 3 rings (SSSR count). The summed E-state index contributed by atoms with van der Waals surface area (Å²) in [5.41, 5.74) is 2.88. The minimum atomic E-state index is -0.740. The number of aliphatic hydroxyl groups excluding tert-OH is 1. The van der Waals surface area contributed by atoms with Crippen LogP contribution in [0.5, 0.6) is 11.5 Å². The first-order chi connectivity index (χ1) is 15.7. The fourth-order valence-electron chi connectivity index (χ4n) is 4.25. The molecule has 1 fully saturated rings. The number of amides is 1. The van der Waals surface area contributed by atoms with Crippen LogP contribution in [-0.2, 0) is 9.59 Å². The van der Waals surface area contributed by atoms with E-state index >= 15 is 0 Å². The number of methoxy groups -OCH3 is 1. The Hall–Kier alpha value is -3.32. The van der Waals surface area contributed by atoms with Gasteiger partial charge in [0.1, 0.15) is 17.3 Å². The number of carbonyl (C=O) groups is 2. The number of aryl methyl sites for hydroxylation is 2. The van der Waals surface area contributed by atoms with E-state index in [4.69, 9.17) is 9.47 Å². The zero-order valence-electron chi connectivity index (χ0n) is 20.1. The third-order valence-electron chi connectivity index (χ3n) is 5.69. The zero-order chi connectivity index (χ0) is 24.3. The Balaban J connectivity index is 2.24. The van der Waals surface area contributed by atoms with E-state index in [0.29, 0.717) is 42.3 Å². The summed E-state index contributed by atoms with van der Waals surface area (Å²) in [4.78, 5) is 29.8. The van der Waals surface area contributed by atoms with Gasteiger partial charge in [0.05, 0.1) is 30.9 Å². The van der Waals surface area contributed by atoms with Gasteiger partial charge in [-0.1, -0.05) is 18.2 Å². The fraction of sp³-hybridized carbons (Fsp3) is 0.385. The molecule has 1 amide bonds. The van der Waals surface area contributed by atoms with Gasteiger partial charge in [0.25, 0.3) is 11.7 Å². The molecule has 1 heterocycles. The van der Waals surface area contributed by atoms with Crippen molar-refractivity contribution in [2.75, 3.05) is 40.9 Å². The molecule has 7 heteroatoms. The average Bonchev–Trinajstić information content (AvgIpc) is 3.02. The molecular weight excluding hydrogens is 420 g/mol. The number of likely N-dealkylation sites (N-methyl/N-ethyl adjacent to an activating group) is 1. The van der Waals surface area contributed by atoms with Gasteiger partial charge >= 0.3 is 0 Å². The predicted octanol–water partition coefficient (Wildman–Crippen LogP) is 3.69. The molecule has 1 unspecified atom stereocenters. The van der Waals surface area contributed by atoms with Crippen LogP contribution in [0.15, 0.2) is 42.0 Å². The lowest BCUT2D eigenvalue weighted by Crippen LogP contribution is -2.35. The second-order valence-electron chi connectivity index (χ2n) is 8.46. The zero-order valence-corrected chi connectivity index (χ0v) is 20.1. The van der Waals surface area contributed by atoms with Crippen LogP contribution in [0.25, 0.3) is 5.76 Å². The van der Waals surface area contributed by atoms with Crippen LogP contribution in [0.2, 0.25) is 0 Å². The number of hydrogen-bond donors (Lipinski definition) is 1. The summed E-state index contributed by atoms with van der Waals surface area (Å²) in [6.07, 6.45) is 0. The van der Waals surface area contributed by atoms with E-state index in [1.165, 1.54) is 12.0 Å². The van der Waals surface area contributed by atoms with Crippen molar-refractivity contribution in [3.05, 3.63) is 64.2 Å². The number of aliphatic hydroxyl groups is 1. The highest BCUT2D eigenvalue weighted by Gasteiger charge is 2.46. The lowest BCUT2D eigenvalue weighted by molar-refractivity contribution is -0.140. The van der Waals surface area contributed by atoms with Gasteiger partial charge in [-0.15, -0.1) is 0 Å². The SMILES string of the molecule is CCOc1cccc(C2/C(=C(\O)c3cc(C)cc(C)c3OC)C(=O)C(=O)N2CCN(C)C)c1. The Labute approximate surface area is 195 Å². The van der Waals surface area contributed by atoms with E-state index in [0.717, 1.165) is 11.1 Å². The minimum absolute atomic E-state index is 0.0516. The molecule has 0 saturated carbocycles. The number of ketones is 1. The first kappa shape index (κ1) is 24.3. The summed E-state index contributed by atoms with van der Waals surface area (Å²) in [7, 11) is 5.33. The number of ether oxygens (including phenoxy) is 2. The maximum atomic E-state index is 13.2. The van der Waals surface area contributed by atoms with E-state index in [1.54, 1.807) is 6.07 Å². The van der Waals surface area contributed by atoms with Crippen molar-refractivity contribution in [1.29, 1.82) is 0 Å². The van der Waals surface area contributed by atoms with Crippen LogP contribution in [0.4, 0.5) is 0 Å². The number of Topliss-reactive ketones (excluding diaryl/α,β-unsaturated/α-hetero) is 1. The Kier molecular flexibility index (Phi) is 7.43. The van der Waals surface area contributed by atoms with Crippen LogP contribution < -0.4 is 9.47 Å². The van der Waals surface area contributed by atoms with E-state index in [1.807, 2.05) is 70.1 Å². The molecule has 0 spiro atoms. The van der Waals surface area contributed by atoms with Gasteiger partial charge in [0, 0.05) is 13.1 Å². The summed E-state index contributed by atoms with van der Waals surface area (Å²) in [5.74, 6) is -0.472. The molecule has 0 aromatic heterocycles. The van der Waals surface area contributed by atoms with Crippen LogP contribution in [-0.4, -0.2) is 67.5 Å². The highest BCUT2D eigenvalue weighted by molar-refractivity contribution is 6.46. The molecule has 1 saturated heterocycles. The maximum absolute atomic E-state index is 13.2. The minimum Gasteiger partial charge on any atom is -0.507 e. The molecule has 1 aliphatic heterocycles. The molecule has 1 aliphatic rings. The molecule has 0 radical (unpaired) electrons. The molecule has 1 atom stereocenters. The lowest BCUT2D eigenvalue weighted by Gasteiger charge is -2.27. The number of hydrogen-bond acceptors (Lipinski definition) is 6. The summed E-state index contributed by atoms with van der Waals surface area (Å²) in [5, 5.41) is 11.4. The summed E-state index contributed by atoms with van der Waals surface area (Å²) < 4.78 is 11.2. The van der Waals surface area contributed by atoms with Crippen molar-refractivity contribution >= 4 is 17.4 Å². The lowest BCUT2D eigenvalue weighted by atomic mass is 9.93. The quantitative estimate of drug-likeness (QED) is 0.374. The first-order valence-electron chi connectivity index (χ1n) is 11.0. The molecule has 0 aliphatic carbocycles. The second kappa shape index (κ2) is 10.1. The number of rotatable bonds is 8. The van der Waals surface area contributed by atoms with E-state index in [9.17, 15) is 14.7 Å². The Bertz CT molecular complexity index is 1090. The first-order valence-corrected chi connectivity index (χ1v) is 11.0. The highest BCUT2D eigenvalue weighted by Crippen LogP contribution is 2.42. The van der Waals surface area contributed by atoms with Crippen molar-refractivity contribution in [1.82, 2.24) is 9.80 Å². The summed E-state index contributed by atoms with van der Waals surface area (Å²) in [6.45, 7) is 7.07. The average molecular weight is 453 g/mol. The maximum Gasteiger partial charge on any atom is 0.295 e. The standard InChI is InChI=1S/C26H32N2O5/c1-7-33-19-10-8-9-18(15-19)22-21(24(30)26(31)28(22)12-11-27(4)5)23(29)20-14-16(2)13-17(3)25(20)32-6/h8-10,13-15,22,29H,7,11-12H2,1-6H3/b23-21+. The fourth-order valence-corrected chi connectivity index (χ4v) is 4.25. The number of benzene rings is 2. The number of likely N-dealkylation sites (tertiary alicyclic amines) is 1. The van der Waals surface area contributed by atoms with Gasteiger partial charge in [-0.25, -0.2) is 0 Å². The van der Waals surface area contributed by atoms with Gasteiger partial charge in [-0.2, -0.15) is 0 Å². The van der Waals surface area contributed by atoms with Crippen LogP contribution in [0.3, 0.4) is 0 Å². The van der Waals surface area contributed by atoms with Gasteiger partial charge < -0.3 is 24.4 Å². The van der Waals surface area contributed by atoms with Crippen molar-refractivity contribution in [3.8, 4) is 11.5 Å². The molecule has 176 valence electrons. The predicted molar refractivity (Wildman–Crippen MR) is 128 cm³/mol. The van der Waals surface area contributed by atoms with Crippen molar-refractivity contribution in [2.24, 2.45) is 0 Å². The summed E-state index contributed by atoms with van der Waals surface area (Å²) in [6, 6.07) is 10.3. The molecule has 0 bridgehead atoms. The van der Waals surface area contributed by atoms with Crippen molar-refractivity contribution < 1.29 is 24.2 Å². The third kappa shape index (κ3) is 4.88. The van der Waals surface area contributed by atoms with Gasteiger partial charge in [0.15, 0.2) is 0 Å². The van der Waals surface area contributed by atoms with E-state index in [2.05, 4.69) is 0 Å². The topological polar surface area (TPSA) is 79.3 Å². The van der Waals surface area contributed by atoms with Gasteiger partial charge in [0.2, 0.25) is 0 Å². The smallest absolute Gasteiger partial charge is 0.295 e. The summed E-state index contributed by atoms with van der Waals surface area (Å²) >= 11 is 0. The van der Waals surface area contributed by atoms with Gasteiger partial charge in [-0.3, -0.25) is 9.59 Å². The van der Waals surface area contributed by atoms with Crippen LogP contribution >= 0.6 is 0 Å². The largest absolute Gasteiger partial charge is 0.507 e. The third-order valence-corrected chi connectivity index (χ3v) is 5.69. The normalized spacial score (nSPS) is 17.7. The van der Waals surface area contributed by atoms with Crippen LogP contribution in [0.1, 0.15) is 35.2 Å². The molecule has 7 nitrogen and oxygen atoms in total. The monoisotopic (exact) mass is 452 g/mol. The highest BCUT2D eigenvalue weighted by atomic mass is 16.5. The van der Waals surface area contributed by atoms with Gasteiger partial charge in [-0.05, 0) is 69.8 Å². The van der Waals surface area contributed by atoms with E-state index < -0.39 is 17.7 Å². The Morgan fingerprint density at radius 1 is 1.15 bits per heavy atom. The molecular formula is C26H32N2O5. The van der Waals surface area contributed by atoms with Crippen LogP contribution in [0, 0.1) is 13.8 Å². The molecule has 2 aromatic rings. The molecule has 33 heavy (non-hydrogen) atoms. The van der Waals surface area contributed by atoms with Crippen molar-refractivity contribution in [2.45, 2.75) is 26.8 Å². The molecule has 1 N–H and O–H groups in total. The number of carbonyl (C=O) groups excluding carboxylic acids is 2. The number of nitrogens with zero attached hydrogens (tertiary/aromatic N) is 2. The second-order valence-corrected chi connectivity index (χ2v) is 8.46. The molecule has 2 aromatic carbocycles. The Morgan fingerprint density at radius 2 is 1.88 bits per heavy atom. The van der Waals surface area contributed by atoms with E-state index in [-0.39, 0.29) is 11.3 Å². The Morgan fingerprint density at radius 3 is 2.52 bits per heavy atom.